The molecule has 0 fully saturated rings. The molecule has 4 aromatic rings. The number of benzene rings is 1. The van der Waals surface area contributed by atoms with Crippen LogP contribution in [0.4, 0.5) is 0 Å². The van der Waals surface area contributed by atoms with Gasteiger partial charge in [-0.15, -0.1) is 0 Å². The number of H-pyrrole nitrogens is 2. The number of ether oxygens (including phenoxy) is 1. The number of nitrogens with one attached hydrogen (secondary N) is 2. The van der Waals surface area contributed by atoms with Gasteiger partial charge in [-0.2, -0.15) is 0 Å². The minimum absolute atomic E-state index is 0.184. The number of carbonyl (C=O) groups excluding carboxylic acids is 1. The van der Waals surface area contributed by atoms with E-state index in [-0.39, 0.29) is 12.0 Å². The molecule has 0 aliphatic heterocycles. The van der Waals surface area contributed by atoms with Gasteiger partial charge in [-0.1, -0.05) is 58.0 Å². The van der Waals surface area contributed by atoms with Crippen molar-refractivity contribution in [2.45, 2.75) is 70.9 Å². The Morgan fingerprint density at radius 2 is 1.94 bits per heavy atom. The number of rotatable bonds is 10. The second kappa shape index (κ2) is 9.90. The van der Waals surface area contributed by atoms with Gasteiger partial charge in [0, 0.05) is 24.0 Å². The summed E-state index contributed by atoms with van der Waals surface area (Å²) in [4.78, 5) is 29.0. The fourth-order valence-corrected chi connectivity index (χ4v) is 4.32. The third-order valence-corrected chi connectivity index (χ3v) is 6.33. The minimum Gasteiger partial charge on any atom is -0.460 e. The van der Waals surface area contributed by atoms with Crippen LogP contribution in [0, 0.1) is 0 Å². The molecule has 0 amide bonds. The molecule has 184 valence electrons. The summed E-state index contributed by atoms with van der Waals surface area (Å²) in [6, 6.07) is 9.63. The van der Waals surface area contributed by atoms with E-state index in [0.717, 1.165) is 29.2 Å². The van der Waals surface area contributed by atoms with Gasteiger partial charge in [-0.3, -0.25) is 4.79 Å². The maximum Gasteiger partial charge on any atom is 0.325 e. The van der Waals surface area contributed by atoms with Crippen LogP contribution in [-0.2, 0) is 39.9 Å². The predicted octanol–water partition coefficient (Wildman–Crippen LogP) is 4.36. The first-order valence-corrected chi connectivity index (χ1v) is 11.9. The zero-order chi connectivity index (χ0) is 25.1. The molecule has 1 atom stereocenters. The first-order chi connectivity index (χ1) is 16.7. The molecule has 8 heteroatoms. The number of aromatic amines is 2. The lowest BCUT2D eigenvalue weighted by molar-refractivity contribution is -0.711. The number of oxazole rings is 1. The lowest BCUT2D eigenvalue weighted by Crippen LogP contribution is -2.52. The molecule has 0 radical (unpaired) electrons. The Bertz CT molecular complexity index is 1240. The molecule has 0 aliphatic rings. The highest BCUT2D eigenvalue weighted by Gasteiger charge is 2.45. The summed E-state index contributed by atoms with van der Waals surface area (Å²) >= 11 is 0. The van der Waals surface area contributed by atoms with E-state index in [1.807, 2.05) is 60.5 Å². The second-order valence-corrected chi connectivity index (χ2v) is 10.2. The van der Waals surface area contributed by atoms with Crippen molar-refractivity contribution in [3.05, 3.63) is 90.2 Å². The van der Waals surface area contributed by atoms with E-state index >= 15 is 0 Å². The van der Waals surface area contributed by atoms with E-state index in [1.165, 1.54) is 6.26 Å². The molecule has 0 aliphatic carbocycles. The van der Waals surface area contributed by atoms with Gasteiger partial charge in [0.25, 0.3) is 0 Å². The van der Waals surface area contributed by atoms with Crippen molar-refractivity contribution in [3.8, 4) is 0 Å². The Balaban J connectivity index is 1.57. The normalized spacial score (nSPS) is 13.7. The van der Waals surface area contributed by atoms with Crippen LogP contribution in [0.3, 0.4) is 0 Å². The summed E-state index contributed by atoms with van der Waals surface area (Å²) in [5.74, 6) is 1.25. The van der Waals surface area contributed by atoms with Crippen molar-refractivity contribution in [3.63, 3.8) is 0 Å². The summed E-state index contributed by atoms with van der Waals surface area (Å²) in [6.45, 7) is 10.9. The van der Waals surface area contributed by atoms with E-state index in [9.17, 15) is 4.79 Å². The standard InChI is InChI=1S/C27H33N5O3/c1-19(2)23-30-14-21(31-23)13-26(3,4)22-15-28-18-32(22)17-27(5,24-29-11-12-34-24)25(33)35-16-20-9-7-6-8-10-20/h6-12,14-15,18-19H,13,16-17H2,1-5H3,(H,30,31)/p+1. The van der Waals surface area contributed by atoms with Crippen molar-refractivity contribution in [2.24, 2.45) is 0 Å². The van der Waals surface area contributed by atoms with Crippen molar-refractivity contribution < 1.29 is 18.5 Å². The molecule has 1 unspecified atom stereocenters. The van der Waals surface area contributed by atoms with Crippen LogP contribution in [-0.4, -0.2) is 25.9 Å². The van der Waals surface area contributed by atoms with Gasteiger partial charge >= 0.3 is 5.97 Å². The summed E-state index contributed by atoms with van der Waals surface area (Å²) in [6.07, 6.45) is 9.59. The molecule has 3 heterocycles. The zero-order valence-electron chi connectivity index (χ0n) is 21.0. The van der Waals surface area contributed by atoms with E-state index in [1.54, 1.807) is 6.20 Å². The fraction of sp³-hybridized carbons (Fsp3) is 0.407. The van der Waals surface area contributed by atoms with E-state index < -0.39 is 11.4 Å². The van der Waals surface area contributed by atoms with Gasteiger partial charge in [-0.25, -0.2) is 19.5 Å². The van der Waals surface area contributed by atoms with Gasteiger partial charge in [0.1, 0.15) is 37.1 Å². The number of hydrogen-bond acceptors (Lipinski definition) is 5. The highest BCUT2D eigenvalue weighted by Crippen LogP contribution is 2.29. The third-order valence-electron chi connectivity index (χ3n) is 6.33. The van der Waals surface area contributed by atoms with E-state index in [4.69, 9.17) is 14.1 Å². The molecule has 4 rings (SSSR count). The van der Waals surface area contributed by atoms with Crippen molar-refractivity contribution in [2.75, 3.05) is 0 Å². The molecule has 8 nitrogen and oxygen atoms in total. The Hall–Kier alpha value is -3.68. The molecule has 35 heavy (non-hydrogen) atoms. The molecule has 0 bridgehead atoms. The number of hydrogen-bond donors (Lipinski definition) is 2. The molecule has 0 saturated heterocycles. The smallest absolute Gasteiger partial charge is 0.325 e. The van der Waals surface area contributed by atoms with Crippen LogP contribution in [0.1, 0.15) is 69.2 Å². The number of imidazole rings is 2. The van der Waals surface area contributed by atoms with Crippen LogP contribution in [0.5, 0.6) is 0 Å². The highest BCUT2D eigenvalue weighted by atomic mass is 16.5. The quantitative estimate of drug-likeness (QED) is 0.262. The summed E-state index contributed by atoms with van der Waals surface area (Å²) in [7, 11) is 0. The summed E-state index contributed by atoms with van der Waals surface area (Å²) in [5.41, 5.74) is 1.60. The highest BCUT2D eigenvalue weighted by molar-refractivity contribution is 5.81. The SMILES string of the molecule is CC(C)c1nc(CC(C)(C)c2c[nH]c[n+]2CC(C)(C(=O)OCc2ccccc2)c2ncco2)c[nH]1. The van der Waals surface area contributed by atoms with E-state index in [0.29, 0.717) is 18.4 Å². The van der Waals surface area contributed by atoms with Gasteiger partial charge in [0.15, 0.2) is 5.41 Å². The zero-order valence-corrected chi connectivity index (χ0v) is 21.0. The van der Waals surface area contributed by atoms with Gasteiger partial charge in [0.05, 0.1) is 11.9 Å². The van der Waals surface area contributed by atoms with Crippen LogP contribution in [0.25, 0.3) is 0 Å². The molecule has 1 aromatic carbocycles. The van der Waals surface area contributed by atoms with Gasteiger partial charge in [0.2, 0.25) is 12.2 Å². The number of aromatic nitrogens is 5. The lowest BCUT2D eigenvalue weighted by atomic mass is 9.83. The first kappa shape index (κ1) is 24.4. The maximum absolute atomic E-state index is 13.4. The van der Waals surface area contributed by atoms with Crippen molar-refractivity contribution in [1.82, 2.24) is 19.9 Å². The minimum atomic E-state index is -1.12. The Morgan fingerprint density at radius 1 is 1.17 bits per heavy atom. The van der Waals surface area contributed by atoms with Crippen LogP contribution in [0.15, 0.2) is 65.9 Å². The Labute approximate surface area is 205 Å². The lowest BCUT2D eigenvalue weighted by Gasteiger charge is -2.26. The molecule has 0 saturated carbocycles. The third kappa shape index (κ3) is 5.37. The van der Waals surface area contributed by atoms with Crippen LogP contribution >= 0.6 is 0 Å². The molecular formula is C27H34N5O3+. The first-order valence-electron chi connectivity index (χ1n) is 11.9. The average Bonchev–Trinajstić information content (AvgIpc) is 3.59. The topological polar surface area (TPSA) is 101 Å². The number of carbonyl (C=O) groups is 1. The Kier molecular flexibility index (Phi) is 6.91. The summed E-state index contributed by atoms with van der Waals surface area (Å²) < 4.78 is 13.4. The predicted molar refractivity (Wildman–Crippen MR) is 130 cm³/mol. The Morgan fingerprint density at radius 3 is 2.60 bits per heavy atom. The maximum atomic E-state index is 13.4. The average molecular weight is 477 g/mol. The van der Waals surface area contributed by atoms with Crippen LogP contribution in [0.2, 0.25) is 0 Å². The van der Waals surface area contributed by atoms with E-state index in [2.05, 4.69) is 42.6 Å². The monoisotopic (exact) mass is 476 g/mol. The van der Waals surface area contributed by atoms with Crippen LogP contribution < -0.4 is 4.57 Å². The largest absolute Gasteiger partial charge is 0.460 e. The van der Waals surface area contributed by atoms with Gasteiger partial charge in [-0.05, 0) is 12.5 Å². The molecule has 0 spiro atoms. The molecule has 2 N–H and O–H groups in total. The molecule has 3 aromatic heterocycles. The summed E-state index contributed by atoms with van der Waals surface area (Å²) in [5, 5.41) is 0. The molecular weight excluding hydrogens is 442 g/mol. The second-order valence-electron chi connectivity index (χ2n) is 10.2. The van der Waals surface area contributed by atoms with Crippen molar-refractivity contribution in [1.29, 1.82) is 0 Å². The number of esters is 1. The van der Waals surface area contributed by atoms with Crippen molar-refractivity contribution >= 4 is 5.97 Å². The fourth-order valence-electron chi connectivity index (χ4n) is 4.32. The van der Waals surface area contributed by atoms with Gasteiger partial charge < -0.3 is 14.1 Å². The number of nitrogens with zero attached hydrogens (tertiary/aromatic N) is 3.